The number of hydrogen-bond acceptors (Lipinski definition) is 2. The monoisotopic (exact) mass is 310 g/mol. The van der Waals surface area contributed by atoms with Gasteiger partial charge in [-0.1, -0.05) is 54.1 Å². The van der Waals surface area contributed by atoms with Gasteiger partial charge in [-0.15, -0.1) is 0 Å². The molecule has 2 aromatic carbocycles. The Morgan fingerprint density at radius 2 is 1.82 bits per heavy atom. The van der Waals surface area contributed by atoms with E-state index in [1.54, 1.807) is 30.3 Å². The lowest BCUT2D eigenvalue weighted by atomic mass is 10.1. The molecule has 3 nitrogen and oxygen atoms in total. The molecule has 0 saturated carbocycles. The molecular weight excluding hydrogens is 296 g/mol. The first-order chi connectivity index (χ1) is 10.6. The van der Waals surface area contributed by atoms with Gasteiger partial charge in [-0.2, -0.15) is 5.26 Å². The maximum atomic E-state index is 12.2. The molecule has 0 aromatic heterocycles. The second-order valence-electron chi connectivity index (χ2n) is 4.83. The lowest BCUT2D eigenvalue weighted by molar-refractivity contribution is -0.117. The first-order valence-electron chi connectivity index (χ1n) is 6.83. The maximum Gasteiger partial charge on any atom is 0.262 e. The molecule has 4 heteroatoms. The van der Waals surface area contributed by atoms with Crippen molar-refractivity contribution in [1.82, 2.24) is 5.32 Å². The molecular formula is C18H15ClN2O. The Kier molecular flexibility index (Phi) is 5.35. The number of nitrogens with one attached hydrogen (secondary N) is 1. The van der Waals surface area contributed by atoms with E-state index in [4.69, 9.17) is 11.6 Å². The summed E-state index contributed by atoms with van der Waals surface area (Å²) in [6, 6.07) is 18.3. The van der Waals surface area contributed by atoms with Crippen LogP contribution in [0.5, 0.6) is 0 Å². The largest absolute Gasteiger partial charge is 0.345 e. The zero-order valence-corrected chi connectivity index (χ0v) is 12.8. The number of nitriles is 1. The molecule has 22 heavy (non-hydrogen) atoms. The molecule has 1 atom stereocenters. The van der Waals surface area contributed by atoms with E-state index >= 15 is 0 Å². The van der Waals surface area contributed by atoms with Crippen molar-refractivity contribution in [2.45, 2.75) is 13.0 Å². The number of carbonyl (C=O) groups excluding carboxylic acids is 1. The van der Waals surface area contributed by atoms with Crippen LogP contribution < -0.4 is 5.32 Å². The Morgan fingerprint density at radius 3 is 2.41 bits per heavy atom. The van der Waals surface area contributed by atoms with Gasteiger partial charge in [0.15, 0.2) is 0 Å². The van der Waals surface area contributed by atoms with Crippen molar-refractivity contribution in [3.05, 3.63) is 76.3 Å². The third-order valence-electron chi connectivity index (χ3n) is 3.19. The summed E-state index contributed by atoms with van der Waals surface area (Å²) in [7, 11) is 0. The van der Waals surface area contributed by atoms with Crippen LogP contribution in [0.3, 0.4) is 0 Å². The minimum absolute atomic E-state index is 0.0603. The van der Waals surface area contributed by atoms with Gasteiger partial charge < -0.3 is 5.32 Å². The fourth-order valence-corrected chi connectivity index (χ4v) is 2.10. The quantitative estimate of drug-likeness (QED) is 0.682. The Hall–Kier alpha value is -2.57. The van der Waals surface area contributed by atoms with Crippen molar-refractivity contribution in [3.63, 3.8) is 0 Å². The molecule has 0 aliphatic carbocycles. The first kappa shape index (κ1) is 15.8. The van der Waals surface area contributed by atoms with Gasteiger partial charge in [0.25, 0.3) is 5.91 Å². The van der Waals surface area contributed by atoms with Crippen LogP contribution in [0.4, 0.5) is 0 Å². The molecule has 110 valence electrons. The Labute approximate surface area is 134 Å². The van der Waals surface area contributed by atoms with Crippen LogP contribution in [0.1, 0.15) is 24.1 Å². The van der Waals surface area contributed by atoms with Gasteiger partial charge in [-0.05, 0) is 36.3 Å². The van der Waals surface area contributed by atoms with Gasteiger partial charge >= 0.3 is 0 Å². The average molecular weight is 311 g/mol. The summed E-state index contributed by atoms with van der Waals surface area (Å²) in [5.74, 6) is -0.395. The van der Waals surface area contributed by atoms with Gasteiger partial charge in [0, 0.05) is 5.02 Å². The Morgan fingerprint density at radius 1 is 1.18 bits per heavy atom. The zero-order chi connectivity index (χ0) is 15.9. The van der Waals surface area contributed by atoms with E-state index in [9.17, 15) is 10.1 Å². The molecule has 1 amide bonds. The Bertz CT molecular complexity index is 715. The molecule has 0 saturated heterocycles. The topological polar surface area (TPSA) is 52.9 Å². The van der Waals surface area contributed by atoms with E-state index in [0.29, 0.717) is 5.02 Å². The third kappa shape index (κ3) is 4.21. The van der Waals surface area contributed by atoms with Crippen molar-refractivity contribution in [2.75, 3.05) is 0 Å². The molecule has 0 aliphatic heterocycles. The van der Waals surface area contributed by atoms with E-state index in [2.05, 4.69) is 5.32 Å². The third-order valence-corrected chi connectivity index (χ3v) is 3.45. The molecule has 2 rings (SSSR count). The number of nitrogens with zero attached hydrogens (tertiary/aromatic N) is 1. The minimum atomic E-state index is -0.395. The van der Waals surface area contributed by atoms with Crippen molar-refractivity contribution in [1.29, 1.82) is 5.26 Å². The summed E-state index contributed by atoms with van der Waals surface area (Å²) in [6.45, 7) is 1.88. The molecule has 0 unspecified atom stereocenters. The van der Waals surface area contributed by atoms with Crippen LogP contribution in [0.15, 0.2) is 60.2 Å². The number of hydrogen-bond donors (Lipinski definition) is 1. The highest BCUT2D eigenvalue weighted by molar-refractivity contribution is 6.30. The predicted octanol–water partition coefficient (Wildman–Crippen LogP) is 4.12. The number of carbonyl (C=O) groups is 1. The van der Waals surface area contributed by atoms with Crippen LogP contribution in [0, 0.1) is 11.3 Å². The lowest BCUT2D eigenvalue weighted by Gasteiger charge is -2.13. The van der Waals surface area contributed by atoms with Crippen molar-refractivity contribution < 1.29 is 4.79 Å². The van der Waals surface area contributed by atoms with Gasteiger partial charge in [0.2, 0.25) is 0 Å². The summed E-state index contributed by atoms with van der Waals surface area (Å²) in [5, 5.41) is 12.6. The van der Waals surface area contributed by atoms with Crippen molar-refractivity contribution >= 4 is 23.6 Å². The fourth-order valence-electron chi connectivity index (χ4n) is 1.97. The van der Waals surface area contributed by atoms with Crippen molar-refractivity contribution in [2.24, 2.45) is 0 Å². The predicted molar refractivity (Wildman–Crippen MR) is 88.0 cm³/mol. The number of halogens is 1. The summed E-state index contributed by atoms with van der Waals surface area (Å²) in [6.07, 6.45) is 1.55. The van der Waals surface area contributed by atoms with Gasteiger partial charge in [-0.3, -0.25) is 4.79 Å². The van der Waals surface area contributed by atoms with Crippen LogP contribution in [-0.4, -0.2) is 5.91 Å². The number of amides is 1. The molecule has 0 bridgehead atoms. The highest BCUT2D eigenvalue weighted by Crippen LogP contribution is 2.15. The molecule has 0 radical (unpaired) electrons. The fraction of sp³-hybridized carbons (Fsp3) is 0.111. The second-order valence-corrected chi connectivity index (χ2v) is 5.26. The maximum absolute atomic E-state index is 12.2. The summed E-state index contributed by atoms with van der Waals surface area (Å²) < 4.78 is 0. The van der Waals surface area contributed by atoms with E-state index < -0.39 is 5.91 Å². The van der Waals surface area contributed by atoms with Crippen LogP contribution in [0.2, 0.25) is 5.02 Å². The zero-order valence-electron chi connectivity index (χ0n) is 12.1. The average Bonchev–Trinajstić information content (AvgIpc) is 2.55. The van der Waals surface area contributed by atoms with Crippen LogP contribution in [-0.2, 0) is 4.79 Å². The van der Waals surface area contributed by atoms with Crippen molar-refractivity contribution in [3.8, 4) is 6.07 Å². The van der Waals surface area contributed by atoms with E-state index in [1.165, 1.54) is 0 Å². The normalized spacial score (nSPS) is 12.3. The van der Waals surface area contributed by atoms with E-state index in [0.717, 1.165) is 11.1 Å². The van der Waals surface area contributed by atoms with Gasteiger partial charge in [-0.25, -0.2) is 0 Å². The molecule has 0 fully saturated rings. The Balaban J connectivity index is 2.12. The smallest absolute Gasteiger partial charge is 0.262 e. The molecule has 0 heterocycles. The van der Waals surface area contributed by atoms with Crippen LogP contribution in [0.25, 0.3) is 6.08 Å². The summed E-state index contributed by atoms with van der Waals surface area (Å²) >= 11 is 5.82. The molecule has 1 N–H and O–H groups in total. The summed E-state index contributed by atoms with van der Waals surface area (Å²) in [5.41, 5.74) is 1.80. The van der Waals surface area contributed by atoms with E-state index in [1.807, 2.05) is 43.3 Å². The first-order valence-corrected chi connectivity index (χ1v) is 7.21. The molecule has 2 aromatic rings. The van der Waals surface area contributed by atoms with Crippen LogP contribution >= 0.6 is 11.6 Å². The van der Waals surface area contributed by atoms with E-state index in [-0.39, 0.29) is 11.6 Å². The summed E-state index contributed by atoms with van der Waals surface area (Å²) in [4.78, 5) is 12.2. The molecule has 0 aliphatic rings. The highest BCUT2D eigenvalue weighted by Gasteiger charge is 2.13. The van der Waals surface area contributed by atoms with Gasteiger partial charge in [0.05, 0.1) is 6.04 Å². The minimum Gasteiger partial charge on any atom is -0.345 e. The number of benzene rings is 2. The lowest BCUT2D eigenvalue weighted by Crippen LogP contribution is -2.27. The highest BCUT2D eigenvalue weighted by atomic mass is 35.5. The molecule has 0 spiro atoms. The SMILES string of the molecule is C[C@H](NC(=O)/C(C#N)=C/c1ccc(Cl)cc1)c1ccccc1. The second kappa shape index (κ2) is 7.44. The standard InChI is InChI=1S/C18H15ClN2O/c1-13(15-5-3-2-4-6-15)21-18(22)16(12-20)11-14-7-9-17(19)10-8-14/h2-11,13H,1H3,(H,21,22)/b16-11+/t13-/m0/s1. The van der Waals surface area contributed by atoms with Gasteiger partial charge in [0.1, 0.15) is 11.6 Å². The number of rotatable bonds is 4.